The van der Waals surface area contributed by atoms with Gasteiger partial charge in [-0.05, 0) is 48.5 Å². The Kier molecular flexibility index (Phi) is 7.42. The van der Waals surface area contributed by atoms with Crippen molar-refractivity contribution in [1.82, 2.24) is 20.1 Å². The van der Waals surface area contributed by atoms with Crippen molar-refractivity contribution >= 4 is 29.3 Å². The summed E-state index contributed by atoms with van der Waals surface area (Å²) in [6.07, 6.45) is 0. The Balaban J connectivity index is 1.44. The van der Waals surface area contributed by atoms with Gasteiger partial charge in [0.1, 0.15) is 5.75 Å². The predicted octanol–water partition coefficient (Wildman–Crippen LogP) is 5.02. The number of carbonyl (C=O) groups is 1. The Labute approximate surface area is 195 Å². The maximum atomic E-state index is 12.5. The third-order valence-corrected chi connectivity index (χ3v) is 5.70. The van der Waals surface area contributed by atoms with Crippen molar-refractivity contribution in [2.75, 3.05) is 12.4 Å². The van der Waals surface area contributed by atoms with Gasteiger partial charge in [-0.1, -0.05) is 59.8 Å². The molecule has 0 unspecified atom stereocenters. The first-order chi connectivity index (χ1) is 15.7. The summed E-state index contributed by atoms with van der Waals surface area (Å²) < 4.78 is 7.73. The monoisotopic (exact) mass is 464 g/mol. The predicted molar refractivity (Wildman–Crippen MR) is 127 cm³/mol. The van der Waals surface area contributed by atoms with Gasteiger partial charge in [-0.2, -0.15) is 0 Å². The van der Waals surface area contributed by atoms with Gasteiger partial charge >= 0.3 is 0 Å². The third-order valence-electron chi connectivity index (χ3n) is 4.55. The zero-order valence-electron chi connectivity index (χ0n) is 17.1. The van der Waals surface area contributed by atoms with Gasteiger partial charge in [0.05, 0.1) is 13.2 Å². The Morgan fingerprint density at radius 1 is 0.938 bits per heavy atom. The first kappa shape index (κ1) is 21.9. The standard InChI is InChI=1S/C24H21ClN4O2S/c25-19-13-11-18(12-14-19)23(30)26-17-22-27-28-24(29(22)20-7-3-1-4-8-20)32-16-15-31-21-9-5-2-6-10-21/h1-14H,15-17H2,(H,26,30). The summed E-state index contributed by atoms with van der Waals surface area (Å²) in [7, 11) is 0. The fourth-order valence-electron chi connectivity index (χ4n) is 3.02. The summed E-state index contributed by atoms with van der Waals surface area (Å²) in [4.78, 5) is 12.5. The summed E-state index contributed by atoms with van der Waals surface area (Å²) in [5.74, 6) is 1.99. The van der Waals surface area contributed by atoms with Crippen LogP contribution in [0.1, 0.15) is 16.2 Å². The topological polar surface area (TPSA) is 69.0 Å². The number of hydrogen-bond acceptors (Lipinski definition) is 5. The highest BCUT2D eigenvalue weighted by atomic mass is 35.5. The molecule has 3 aromatic carbocycles. The van der Waals surface area contributed by atoms with Crippen molar-refractivity contribution in [1.29, 1.82) is 0 Å². The number of nitrogens with one attached hydrogen (secondary N) is 1. The lowest BCUT2D eigenvalue weighted by molar-refractivity contribution is 0.0949. The average molecular weight is 465 g/mol. The van der Waals surface area contributed by atoms with Crippen molar-refractivity contribution < 1.29 is 9.53 Å². The minimum atomic E-state index is -0.199. The van der Waals surface area contributed by atoms with Gasteiger partial charge in [0.25, 0.3) is 5.91 Å². The molecule has 4 aromatic rings. The fraction of sp³-hybridized carbons (Fsp3) is 0.125. The Bertz CT molecular complexity index is 1150. The van der Waals surface area contributed by atoms with Gasteiger partial charge in [0, 0.05) is 22.0 Å². The third kappa shape index (κ3) is 5.69. The first-order valence-corrected chi connectivity index (χ1v) is 11.4. The zero-order chi connectivity index (χ0) is 22.2. The smallest absolute Gasteiger partial charge is 0.251 e. The SMILES string of the molecule is O=C(NCc1nnc(SCCOc2ccccc2)n1-c1ccccc1)c1ccc(Cl)cc1. The van der Waals surface area contributed by atoms with Crippen LogP contribution in [0.4, 0.5) is 0 Å². The Hall–Kier alpha value is -3.29. The quantitative estimate of drug-likeness (QED) is 0.278. The largest absolute Gasteiger partial charge is 0.493 e. The molecule has 0 saturated carbocycles. The van der Waals surface area contributed by atoms with Gasteiger partial charge in [-0.3, -0.25) is 9.36 Å². The van der Waals surface area contributed by atoms with E-state index < -0.39 is 0 Å². The highest BCUT2D eigenvalue weighted by molar-refractivity contribution is 7.99. The van der Waals surface area contributed by atoms with Crippen LogP contribution >= 0.6 is 23.4 Å². The summed E-state index contributed by atoms with van der Waals surface area (Å²) >= 11 is 7.45. The number of amides is 1. The molecule has 1 N–H and O–H groups in total. The van der Waals surface area contributed by atoms with Crippen LogP contribution in [0.5, 0.6) is 5.75 Å². The first-order valence-electron chi connectivity index (χ1n) is 10.0. The van der Waals surface area contributed by atoms with E-state index in [1.165, 1.54) is 0 Å². The minimum absolute atomic E-state index is 0.199. The van der Waals surface area contributed by atoms with Crippen LogP contribution < -0.4 is 10.1 Å². The van der Waals surface area contributed by atoms with E-state index in [2.05, 4.69) is 15.5 Å². The van der Waals surface area contributed by atoms with E-state index in [0.29, 0.717) is 28.8 Å². The molecule has 6 nitrogen and oxygen atoms in total. The number of benzene rings is 3. The number of para-hydroxylation sites is 2. The average Bonchev–Trinajstić information content (AvgIpc) is 3.24. The lowest BCUT2D eigenvalue weighted by Crippen LogP contribution is -2.24. The van der Waals surface area contributed by atoms with E-state index in [0.717, 1.165) is 16.6 Å². The number of thioether (sulfide) groups is 1. The number of aromatic nitrogens is 3. The summed E-state index contributed by atoms with van der Waals surface area (Å²) in [6, 6.07) is 26.3. The molecule has 0 spiro atoms. The van der Waals surface area contributed by atoms with Gasteiger partial charge in [-0.15, -0.1) is 10.2 Å². The molecule has 0 radical (unpaired) electrons. The van der Waals surface area contributed by atoms with Crippen LogP contribution in [0, 0.1) is 0 Å². The summed E-state index contributed by atoms with van der Waals surface area (Å²) in [5.41, 5.74) is 1.47. The van der Waals surface area contributed by atoms with E-state index in [1.54, 1.807) is 36.0 Å². The second-order valence-electron chi connectivity index (χ2n) is 6.77. The molecule has 0 fully saturated rings. The van der Waals surface area contributed by atoms with Gasteiger partial charge in [-0.25, -0.2) is 0 Å². The van der Waals surface area contributed by atoms with Crippen molar-refractivity contribution in [2.24, 2.45) is 0 Å². The molecule has 8 heteroatoms. The van der Waals surface area contributed by atoms with Gasteiger partial charge in [0.15, 0.2) is 11.0 Å². The van der Waals surface area contributed by atoms with Crippen LogP contribution in [0.3, 0.4) is 0 Å². The number of ether oxygens (including phenoxy) is 1. The Morgan fingerprint density at radius 2 is 1.62 bits per heavy atom. The molecular formula is C24H21ClN4O2S. The highest BCUT2D eigenvalue weighted by Gasteiger charge is 2.16. The van der Waals surface area contributed by atoms with Gasteiger partial charge < -0.3 is 10.1 Å². The lowest BCUT2D eigenvalue weighted by atomic mass is 10.2. The molecule has 1 amide bonds. The molecule has 162 valence electrons. The van der Waals surface area contributed by atoms with Crippen molar-refractivity contribution in [3.8, 4) is 11.4 Å². The minimum Gasteiger partial charge on any atom is -0.493 e. The highest BCUT2D eigenvalue weighted by Crippen LogP contribution is 2.22. The molecule has 0 saturated heterocycles. The number of hydrogen-bond donors (Lipinski definition) is 1. The van der Waals surface area contributed by atoms with E-state index in [1.807, 2.05) is 65.2 Å². The van der Waals surface area contributed by atoms with Crippen molar-refractivity contribution in [2.45, 2.75) is 11.7 Å². The van der Waals surface area contributed by atoms with Crippen molar-refractivity contribution in [3.05, 3.63) is 101 Å². The number of nitrogens with zero attached hydrogens (tertiary/aromatic N) is 3. The summed E-state index contributed by atoms with van der Waals surface area (Å²) in [6.45, 7) is 0.781. The molecule has 0 atom stereocenters. The molecule has 32 heavy (non-hydrogen) atoms. The molecule has 0 aliphatic heterocycles. The van der Waals surface area contributed by atoms with Crippen LogP contribution in [-0.4, -0.2) is 33.0 Å². The van der Waals surface area contributed by atoms with Crippen LogP contribution in [-0.2, 0) is 6.54 Å². The van der Waals surface area contributed by atoms with Crippen molar-refractivity contribution in [3.63, 3.8) is 0 Å². The van der Waals surface area contributed by atoms with E-state index in [4.69, 9.17) is 16.3 Å². The molecule has 1 heterocycles. The Morgan fingerprint density at radius 3 is 2.34 bits per heavy atom. The van der Waals surface area contributed by atoms with E-state index in [-0.39, 0.29) is 12.5 Å². The number of rotatable bonds is 9. The maximum Gasteiger partial charge on any atom is 0.251 e. The summed E-state index contributed by atoms with van der Waals surface area (Å²) in [5, 5.41) is 12.9. The molecule has 0 bridgehead atoms. The fourth-order valence-corrected chi connectivity index (χ4v) is 3.93. The molecule has 4 rings (SSSR count). The lowest BCUT2D eigenvalue weighted by Gasteiger charge is -2.11. The second kappa shape index (κ2) is 10.8. The zero-order valence-corrected chi connectivity index (χ0v) is 18.7. The van der Waals surface area contributed by atoms with E-state index in [9.17, 15) is 4.79 Å². The molecule has 0 aliphatic carbocycles. The van der Waals surface area contributed by atoms with Gasteiger partial charge in [0.2, 0.25) is 0 Å². The maximum absolute atomic E-state index is 12.5. The number of carbonyl (C=O) groups excluding carboxylic acids is 1. The van der Waals surface area contributed by atoms with Crippen LogP contribution in [0.25, 0.3) is 5.69 Å². The van der Waals surface area contributed by atoms with E-state index >= 15 is 0 Å². The molecule has 1 aromatic heterocycles. The molecule has 0 aliphatic rings. The number of halogens is 1. The van der Waals surface area contributed by atoms with Crippen LogP contribution in [0.2, 0.25) is 5.02 Å². The normalized spacial score (nSPS) is 10.7. The second-order valence-corrected chi connectivity index (χ2v) is 8.27. The molecular weight excluding hydrogens is 444 g/mol. The van der Waals surface area contributed by atoms with Crippen LogP contribution in [0.15, 0.2) is 90.1 Å².